The van der Waals surface area contributed by atoms with Crippen LogP contribution in [0.25, 0.3) is 0 Å². The van der Waals surface area contributed by atoms with Crippen LogP contribution in [-0.4, -0.2) is 80.9 Å². The minimum Gasteiger partial charge on any atom is -0.505 e. The number of carboxylic acid groups (broad SMARTS) is 2. The molecule has 0 aliphatic rings. The van der Waals surface area contributed by atoms with E-state index in [0.717, 1.165) is 11.1 Å². The molecule has 4 aromatic carbocycles. The Bertz CT molecular complexity index is 3850. The summed E-state index contributed by atoms with van der Waals surface area (Å²) in [5, 5.41) is 58.1. The van der Waals surface area contributed by atoms with Gasteiger partial charge >= 0.3 is 11.9 Å². The number of carbonyl (C=O) groups excluding carboxylic acids is 1. The number of benzene rings is 4. The maximum absolute atomic E-state index is 11.7. The summed E-state index contributed by atoms with van der Waals surface area (Å²) in [5.74, 6) is -0.688. The van der Waals surface area contributed by atoms with Gasteiger partial charge in [0.05, 0.1) is 40.2 Å². The number of nitrogens with one attached hydrogen (secondary N) is 3. The number of aldehydes is 1. The van der Waals surface area contributed by atoms with E-state index in [1.54, 1.807) is 30.3 Å². The van der Waals surface area contributed by atoms with Crippen LogP contribution >= 0.6 is 128 Å². The molecule has 482 valence electrons. The molecule has 0 fully saturated rings. The quantitative estimate of drug-likeness (QED) is 0.0211. The minimum atomic E-state index is -1.43. The number of hydrogen-bond donors (Lipinski definition) is 9. The summed E-state index contributed by atoms with van der Waals surface area (Å²) in [6, 6.07) is 18.5. The van der Waals surface area contributed by atoms with E-state index in [2.05, 4.69) is 46.1 Å². The Hall–Kier alpha value is -7.00. The molecule has 12 N–H and O–H groups in total. The number of rotatable bonds is 14. The zero-order chi connectivity index (χ0) is 68.0. The average molecular weight is 1460 g/mol. The highest BCUT2D eigenvalue weighted by Crippen LogP contribution is 2.41. The number of nitrogen functional groups attached to an aromatic ring is 3. The number of anilines is 4. The van der Waals surface area contributed by atoms with Crippen molar-refractivity contribution in [1.29, 1.82) is 0 Å². The topological polar surface area (TPSA) is 373 Å². The number of phenolic OH excluding ortho intramolecular Hbond substituents is 1. The Morgan fingerprint density at radius 3 is 1.13 bits per heavy atom. The average Bonchev–Trinajstić information content (AvgIpc) is 2.32. The smallest absolute Gasteiger partial charge is 0.368 e. The molecule has 0 spiro atoms. The number of hydrogen-bond acceptors (Lipinski definition) is 19. The molecule has 0 amide bonds. The third kappa shape index (κ3) is 25.0. The number of nitrogens with two attached hydrogens (primary N) is 3. The molecule has 4 heterocycles. The van der Waals surface area contributed by atoms with E-state index in [-0.39, 0.29) is 112 Å². The molecule has 8 rings (SSSR count). The van der Waals surface area contributed by atoms with Crippen LogP contribution in [0.1, 0.15) is 101 Å². The van der Waals surface area contributed by atoms with Gasteiger partial charge in [-0.1, -0.05) is 183 Å². The normalized spacial score (nSPS) is 10.4. The summed E-state index contributed by atoms with van der Waals surface area (Å²) in [5.41, 5.74) is 20.7. The van der Waals surface area contributed by atoms with E-state index in [4.69, 9.17) is 184 Å². The number of carboxylic acids is 2. The van der Waals surface area contributed by atoms with Gasteiger partial charge in [-0.05, 0) is 89.4 Å². The molecule has 90 heavy (non-hydrogen) atoms. The fraction of sp³-hybridized carbons (Fsp3) is 0.232. The lowest BCUT2D eigenvalue weighted by molar-refractivity contribution is -0.143. The van der Waals surface area contributed by atoms with Gasteiger partial charge in [-0.15, -0.1) is 30.6 Å². The molecule has 0 bridgehead atoms. The Morgan fingerprint density at radius 2 is 0.800 bits per heavy atom. The number of phenols is 1. The maximum atomic E-state index is 11.7. The van der Waals surface area contributed by atoms with Crippen molar-refractivity contribution in [1.82, 2.24) is 40.8 Å². The summed E-state index contributed by atoms with van der Waals surface area (Å²) < 4.78 is 16.7. The summed E-state index contributed by atoms with van der Waals surface area (Å²) in [4.78, 5) is 51.8. The van der Waals surface area contributed by atoms with Gasteiger partial charge in [0.1, 0.15) is 6.54 Å². The molecule has 0 unspecified atom stereocenters. The fourth-order valence-electron chi connectivity index (χ4n) is 6.55. The zero-order valence-corrected chi connectivity index (χ0v) is 56.5. The second kappa shape index (κ2) is 36.7. The van der Waals surface area contributed by atoms with Crippen LogP contribution in [0.4, 0.5) is 22.7 Å². The van der Waals surface area contributed by atoms with Gasteiger partial charge in [-0.2, -0.15) is 0 Å². The van der Waals surface area contributed by atoms with Crippen LogP contribution in [-0.2, 0) is 14.4 Å². The first-order valence-electron chi connectivity index (χ1n) is 25.5. The summed E-state index contributed by atoms with van der Waals surface area (Å²) >= 11 is 64.8. The Labute approximate surface area is 569 Å². The SMILES string of the molecule is CC(C)c1cc(Cl)nnc1Cl.CC(C)c1cc(Oc2c(Cl)cc(N)cc2Cl)n[nH]c1=O.CC(C)c1cc(Oc2c(Cl)cc(N)cc2Cl)nnc1Cl.CC(C)c1cc(Oc2c(Cl)cc(NCC(=O)O)cc2Cl)n[nH]c1=O.Nc1cc(Cl)c(O)c(Cl)c1.O=CC(=O)O. The van der Waals surface area contributed by atoms with Crippen LogP contribution < -0.4 is 47.8 Å². The van der Waals surface area contributed by atoms with E-state index >= 15 is 0 Å². The van der Waals surface area contributed by atoms with E-state index in [1.165, 1.54) is 42.5 Å². The predicted octanol–water partition coefficient (Wildman–Crippen LogP) is 16.5. The minimum absolute atomic E-state index is 0.00682. The summed E-state index contributed by atoms with van der Waals surface area (Å²) in [6.45, 7) is 15.3. The number of aromatic amines is 2. The van der Waals surface area contributed by atoms with Gasteiger partial charge in [-0.3, -0.25) is 19.2 Å². The monoisotopic (exact) mass is 1460 g/mol. The second-order valence-electron chi connectivity index (χ2n) is 19.2. The molecule has 0 aliphatic heterocycles. The van der Waals surface area contributed by atoms with Gasteiger partial charge in [0.25, 0.3) is 11.1 Å². The zero-order valence-electron chi connectivity index (χ0n) is 48.2. The first kappa shape index (κ1) is 77.2. The van der Waals surface area contributed by atoms with Crippen LogP contribution in [0.3, 0.4) is 0 Å². The highest BCUT2D eigenvalue weighted by atomic mass is 35.5. The number of aromatic hydroxyl groups is 1. The van der Waals surface area contributed by atoms with Gasteiger partial charge < -0.3 is 52.0 Å². The van der Waals surface area contributed by atoms with E-state index < -0.39 is 11.9 Å². The number of carbonyl (C=O) groups is 3. The number of ether oxygens (including phenoxy) is 3. The van der Waals surface area contributed by atoms with E-state index in [9.17, 15) is 14.4 Å². The first-order chi connectivity index (χ1) is 42.0. The standard InChI is InChI=1S/C15H15Cl2N3O4.C13H12Cl3N3O.C13H13Cl2N3O2.C7H8Cl2N2.C6H5Cl2NO.C2H2O3/c1-7(2)9-5-12(19-20-15(9)23)24-14-10(16)3-8(4-11(14)17)18-6-13(21)22;1-6(2)8-5-11(18-19-13(8)16)20-12-9(14)3-7(17)4-10(12)15;1-6(2)8-5-11(17-18-13(8)19)20-12-9(14)3-7(16)4-10(12)15;1-4(2)5-3-6(8)10-11-7(5)9;7-4-1-3(9)2-5(8)6(4)10;3-1-2(4)5/h3-5,7,18H,6H2,1-2H3,(H,20,23)(H,21,22);3-6H,17H2,1-2H3;3-6H,16H2,1-2H3,(H,18,19);3-4H,1-2H3;1-2,10H,9H2;1H,(H,4,5). The Balaban J connectivity index is 0.000000297. The van der Waals surface area contributed by atoms with Gasteiger partial charge in [0.15, 0.2) is 38.5 Å². The highest BCUT2D eigenvalue weighted by Gasteiger charge is 2.18. The van der Waals surface area contributed by atoms with Crippen molar-refractivity contribution in [3.8, 4) is 40.6 Å². The molecule has 0 saturated carbocycles. The molecular weight excluding hydrogens is 1410 g/mol. The number of H-pyrrole nitrogens is 2. The van der Waals surface area contributed by atoms with Crippen molar-refractivity contribution in [3.63, 3.8) is 0 Å². The summed E-state index contributed by atoms with van der Waals surface area (Å²) in [6.07, 6.45) is -0.167. The lowest BCUT2D eigenvalue weighted by Crippen LogP contribution is -2.15. The van der Waals surface area contributed by atoms with Crippen molar-refractivity contribution in [2.45, 2.75) is 79.1 Å². The third-order valence-electron chi connectivity index (χ3n) is 10.8. The lowest BCUT2D eigenvalue weighted by Gasteiger charge is -2.12. The van der Waals surface area contributed by atoms with Crippen molar-refractivity contribution in [2.24, 2.45) is 0 Å². The Morgan fingerprint density at radius 1 is 0.489 bits per heavy atom. The van der Waals surface area contributed by atoms with Crippen molar-refractivity contribution < 1.29 is 43.9 Å². The van der Waals surface area contributed by atoms with Crippen LogP contribution in [0, 0.1) is 0 Å². The Kier molecular flexibility index (Phi) is 31.5. The molecule has 8 aromatic rings. The van der Waals surface area contributed by atoms with Gasteiger partial charge in [-0.25, -0.2) is 15.0 Å². The fourth-order valence-corrected chi connectivity index (χ4v) is 9.56. The van der Waals surface area contributed by atoms with Crippen molar-refractivity contribution in [2.75, 3.05) is 29.1 Å². The second-order valence-corrected chi connectivity index (χ2v) is 23.5. The molecule has 0 aliphatic carbocycles. The van der Waals surface area contributed by atoms with Crippen molar-refractivity contribution in [3.05, 3.63) is 171 Å². The first-order valence-corrected chi connectivity index (χ1v) is 29.7. The van der Waals surface area contributed by atoms with E-state index in [0.29, 0.717) is 65.3 Å². The molecule has 0 radical (unpaired) electrons. The largest absolute Gasteiger partial charge is 0.505 e. The van der Waals surface area contributed by atoms with Gasteiger partial charge in [0.2, 0.25) is 23.9 Å². The predicted molar refractivity (Wildman–Crippen MR) is 356 cm³/mol. The number of aliphatic carboxylic acids is 2. The maximum Gasteiger partial charge on any atom is 0.368 e. The van der Waals surface area contributed by atoms with Crippen LogP contribution in [0.15, 0.2) is 82.4 Å². The molecule has 34 heteroatoms. The number of aromatic nitrogens is 8. The summed E-state index contributed by atoms with van der Waals surface area (Å²) in [7, 11) is 0. The van der Waals surface area contributed by atoms with Crippen LogP contribution in [0.2, 0.25) is 55.6 Å². The number of halogens is 11. The molecule has 4 aromatic heterocycles. The van der Waals surface area contributed by atoms with Gasteiger partial charge in [0, 0.05) is 52.1 Å². The third-order valence-corrected chi connectivity index (χ3v) is 13.9. The van der Waals surface area contributed by atoms with E-state index in [1.807, 2.05) is 55.4 Å². The molecular formula is C56H55Cl11N12O11. The lowest BCUT2D eigenvalue weighted by atomic mass is 10.1. The number of nitrogens with zero attached hydrogens (tertiary/aromatic N) is 6. The van der Waals surface area contributed by atoms with Crippen LogP contribution in [0.5, 0.6) is 40.6 Å². The van der Waals surface area contributed by atoms with Crippen molar-refractivity contribution >= 4 is 169 Å². The molecule has 0 saturated heterocycles. The highest BCUT2D eigenvalue weighted by molar-refractivity contribution is 6.39. The molecule has 23 nitrogen and oxygen atoms in total. The molecule has 0 atom stereocenters.